The van der Waals surface area contributed by atoms with Gasteiger partial charge in [0.15, 0.2) is 0 Å². The molecular formula is C23H27NS2. The first-order chi connectivity index (χ1) is 12.3. The Balaban J connectivity index is 0.000000187. The summed E-state index contributed by atoms with van der Waals surface area (Å²) in [4.78, 5) is 1.13. The molecule has 3 heteroatoms. The van der Waals surface area contributed by atoms with Gasteiger partial charge in [0.2, 0.25) is 0 Å². The first-order valence-electron chi connectivity index (χ1n) is 8.52. The Bertz CT molecular complexity index is 935. The molecule has 1 aromatic heterocycles. The van der Waals surface area contributed by atoms with E-state index in [4.69, 9.17) is 5.73 Å². The van der Waals surface area contributed by atoms with Crippen molar-refractivity contribution in [2.24, 2.45) is 0 Å². The van der Waals surface area contributed by atoms with Gasteiger partial charge >= 0.3 is 0 Å². The molecule has 0 unspecified atom stereocenters. The Morgan fingerprint density at radius 1 is 1.08 bits per heavy atom. The fourth-order valence-electron chi connectivity index (χ4n) is 2.67. The van der Waals surface area contributed by atoms with Gasteiger partial charge < -0.3 is 5.73 Å². The first kappa shape index (κ1) is 20.3. The zero-order valence-electron chi connectivity index (χ0n) is 16.1. The molecule has 0 amide bonds. The highest BCUT2D eigenvalue weighted by Crippen LogP contribution is 2.28. The molecule has 136 valence electrons. The van der Waals surface area contributed by atoms with Gasteiger partial charge in [-0.2, -0.15) is 0 Å². The summed E-state index contributed by atoms with van der Waals surface area (Å²) in [5.74, 6) is 0. The van der Waals surface area contributed by atoms with Crippen molar-refractivity contribution >= 4 is 43.8 Å². The number of nitrogen functional groups attached to an aromatic ring is 1. The van der Waals surface area contributed by atoms with Gasteiger partial charge in [-0.15, -0.1) is 23.1 Å². The van der Waals surface area contributed by atoms with E-state index in [0.717, 1.165) is 22.6 Å². The normalized spacial score (nSPS) is 10.3. The van der Waals surface area contributed by atoms with Gasteiger partial charge in [0, 0.05) is 15.3 Å². The van der Waals surface area contributed by atoms with Gasteiger partial charge in [-0.05, 0) is 90.7 Å². The number of rotatable bonds is 4. The Morgan fingerprint density at radius 3 is 2.46 bits per heavy atom. The number of benzene rings is 2. The van der Waals surface area contributed by atoms with Crippen LogP contribution in [-0.4, -0.2) is 6.26 Å². The Morgan fingerprint density at radius 2 is 1.81 bits per heavy atom. The lowest BCUT2D eigenvalue weighted by Crippen LogP contribution is -1.96. The van der Waals surface area contributed by atoms with E-state index in [1.807, 2.05) is 19.9 Å². The minimum absolute atomic E-state index is 0.878. The largest absolute Gasteiger partial charge is 0.399 e. The van der Waals surface area contributed by atoms with Crippen molar-refractivity contribution in [1.82, 2.24) is 0 Å². The molecule has 2 N–H and O–H groups in total. The van der Waals surface area contributed by atoms with Gasteiger partial charge in [-0.1, -0.05) is 30.9 Å². The number of thiophene rings is 1. The van der Waals surface area contributed by atoms with Crippen molar-refractivity contribution in [3.05, 3.63) is 82.8 Å². The number of nitrogens with two attached hydrogens (primary N) is 1. The molecule has 0 radical (unpaired) electrons. The van der Waals surface area contributed by atoms with E-state index in [9.17, 15) is 0 Å². The van der Waals surface area contributed by atoms with Gasteiger partial charge in [-0.3, -0.25) is 0 Å². The highest BCUT2D eigenvalue weighted by Gasteiger charge is 2.02. The van der Waals surface area contributed by atoms with Crippen molar-refractivity contribution in [3.63, 3.8) is 0 Å². The van der Waals surface area contributed by atoms with Crippen molar-refractivity contribution < 1.29 is 0 Å². The Kier molecular flexibility index (Phi) is 7.13. The van der Waals surface area contributed by atoms with Gasteiger partial charge in [-0.25, -0.2) is 0 Å². The number of aryl methyl sites for hydroxylation is 2. The maximum absolute atomic E-state index is 5.80. The average Bonchev–Trinajstić information content (AvgIpc) is 3.06. The smallest absolute Gasteiger partial charge is 0.0346 e. The second-order valence-electron chi connectivity index (χ2n) is 6.57. The van der Waals surface area contributed by atoms with Crippen LogP contribution in [0.5, 0.6) is 0 Å². The third-order valence-electron chi connectivity index (χ3n) is 4.24. The van der Waals surface area contributed by atoms with E-state index in [1.165, 1.54) is 32.3 Å². The van der Waals surface area contributed by atoms with Crippen molar-refractivity contribution in [3.8, 4) is 0 Å². The molecule has 0 bridgehead atoms. The number of fused-ring (bicyclic) bond motifs is 1. The summed E-state index contributed by atoms with van der Waals surface area (Å²) in [6.07, 6.45) is 3.01. The fourth-order valence-corrected chi connectivity index (χ4v) is 3.81. The summed E-state index contributed by atoms with van der Waals surface area (Å²) in [5, 5.41) is 3.44. The van der Waals surface area contributed by atoms with Crippen LogP contribution in [0.15, 0.2) is 60.5 Å². The van der Waals surface area contributed by atoms with Crippen molar-refractivity contribution in [2.75, 3.05) is 12.0 Å². The zero-order chi connectivity index (χ0) is 19.3. The molecule has 0 atom stereocenters. The maximum Gasteiger partial charge on any atom is 0.0346 e. The lowest BCUT2D eigenvalue weighted by Gasteiger charge is -2.09. The van der Waals surface area contributed by atoms with E-state index in [0.29, 0.717) is 0 Å². The van der Waals surface area contributed by atoms with E-state index in [2.05, 4.69) is 62.0 Å². The predicted octanol–water partition coefficient (Wildman–Crippen LogP) is 7.24. The lowest BCUT2D eigenvalue weighted by atomic mass is 9.99. The number of allylic oxidation sites excluding steroid dienone is 1. The monoisotopic (exact) mass is 381 g/mol. The van der Waals surface area contributed by atoms with Crippen LogP contribution in [0.25, 0.3) is 15.0 Å². The Labute approximate surface area is 165 Å². The van der Waals surface area contributed by atoms with Crippen molar-refractivity contribution in [1.29, 1.82) is 0 Å². The molecule has 0 aliphatic rings. The predicted molar refractivity (Wildman–Crippen MR) is 123 cm³/mol. The van der Waals surface area contributed by atoms with E-state index >= 15 is 0 Å². The number of anilines is 1. The van der Waals surface area contributed by atoms with Crippen LogP contribution in [0.1, 0.15) is 29.2 Å². The highest BCUT2D eigenvalue weighted by molar-refractivity contribution is 8.07. The molecule has 3 aromatic rings. The van der Waals surface area contributed by atoms with E-state index < -0.39 is 0 Å². The molecule has 0 fully saturated rings. The lowest BCUT2D eigenvalue weighted by molar-refractivity contribution is 1.12. The summed E-state index contributed by atoms with van der Waals surface area (Å²) in [7, 11) is 0. The Hall–Kier alpha value is -1.97. The maximum atomic E-state index is 5.80. The van der Waals surface area contributed by atoms with E-state index in [1.54, 1.807) is 23.1 Å². The number of hydrogen-bond acceptors (Lipinski definition) is 3. The summed E-state index contributed by atoms with van der Waals surface area (Å²) < 4.78 is 1.35. The highest BCUT2D eigenvalue weighted by atomic mass is 32.2. The molecule has 3 rings (SSSR count). The zero-order valence-corrected chi connectivity index (χ0v) is 17.7. The van der Waals surface area contributed by atoms with Gasteiger partial charge in [0.05, 0.1) is 0 Å². The third kappa shape index (κ3) is 5.26. The van der Waals surface area contributed by atoms with Gasteiger partial charge in [0.25, 0.3) is 0 Å². The molecular weight excluding hydrogens is 354 g/mol. The molecule has 0 saturated carbocycles. The minimum Gasteiger partial charge on any atom is -0.399 e. The number of thioether (sulfide) groups is 1. The van der Waals surface area contributed by atoms with Crippen LogP contribution < -0.4 is 5.73 Å². The van der Waals surface area contributed by atoms with Crippen LogP contribution >= 0.6 is 23.1 Å². The second kappa shape index (κ2) is 9.11. The summed E-state index contributed by atoms with van der Waals surface area (Å²) in [6, 6.07) is 12.8. The van der Waals surface area contributed by atoms with Gasteiger partial charge in [0.1, 0.15) is 0 Å². The molecule has 0 aliphatic heterocycles. The first-order valence-corrected chi connectivity index (χ1v) is 10.6. The minimum atomic E-state index is 0.878. The summed E-state index contributed by atoms with van der Waals surface area (Å²) in [6.45, 7) is 14.1. The van der Waals surface area contributed by atoms with Crippen LogP contribution in [0.4, 0.5) is 5.69 Å². The second-order valence-corrected chi connectivity index (χ2v) is 8.42. The average molecular weight is 382 g/mol. The number of hydrogen-bond donors (Lipinski definition) is 1. The van der Waals surface area contributed by atoms with Crippen LogP contribution in [-0.2, 0) is 6.42 Å². The molecule has 1 nitrogen and oxygen atoms in total. The van der Waals surface area contributed by atoms with Crippen molar-refractivity contribution in [2.45, 2.75) is 27.2 Å². The molecule has 1 heterocycles. The fraction of sp³-hybridized carbons (Fsp3) is 0.217. The van der Waals surface area contributed by atoms with E-state index in [-0.39, 0.29) is 0 Å². The topological polar surface area (TPSA) is 26.0 Å². The molecule has 0 saturated heterocycles. The molecule has 0 spiro atoms. The third-order valence-corrected chi connectivity index (χ3v) is 5.86. The van der Waals surface area contributed by atoms with Crippen LogP contribution in [0.2, 0.25) is 0 Å². The quantitative estimate of drug-likeness (QED) is 0.381. The molecule has 26 heavy (non-hydrogen) atoms. The standard InChI is InChI=1S/C12H17N.C11H10S2/c1-8(2)5-11-6-10(4)12(13)7-9(11)3;1-8(12-2)9-3-4-11-10(7-9)5-6-13-11/h6-7H,1,5,13H2,2-4H3;3-7H,1H2,2H3. The summed E-state index contributed by atoms with van der Waals surface area (Å²) in [5.41, 5.74) is 12.8. The summed E-state index contributed by atoms with van der Waals surface area (Å²) >= 11 is 3.48. The van der Waals surface area contributed by atoms with Crippen LogP contribution in [0.3, 0.4) is 0 Å². The SMILES string of the molecule is C=C(C)Cc1cc(C)c(N)cc1C.C=C(SC)c1ccc2sccc2c1. The molecule has 2 aromatic carbocycles. The van der Waals surface area contributed by atoms with Crippen LogP contribution in [0, 0.1) is 13.8 Å². The molecule has 0 aliphatic carbocycles.